The lowest BCUT2D eigenvalue weighted by molar-refractivity contribution is -0.137. The Morgan fingerprint density at radius 2 is 2.43 bits per heavy atom. The highest BCUT2D eigenvalue weighted by Gasteiger charge is 2.34. The monoisotopic (exact) mass is 335 g/mol. The van der Waals surface area contributed by atoms with Gasteiger partial charge in [-0.05, 0) is 23.9 Å². The summed E-state index contributed by atoms with van der Waals surface area (Å²) in [6, 6.07) is 2.04. The van der Waals surface area contributed by atoms with Gasteiger partial charge in [0, 0.05) is 30.2 Å². The molecule has 2 N–H and O–H groups in total. The van der Waals surface area contributed by atoms with E-state index in [4.69, 9.17) is 9.84 Å². The van der Waals surface area contributed by atoms with Gasteiger partial charge in [0.25, 0.3) is 5.56 Å². The molecule has 1 aliphatic rings. The molecular weight excluding hydrogens is 318 g/mol. The molecule has 0 spiro atoms. The first-order valence-electron chi connectivity index (χ1n) is 7.21. The van der Waals surface area contributed by atoms with Gasteiger partial charge in [0.2, 0.25) is 0 Å². The Morgan fingerprint density at radius 1 is 1.61 bits per heavy atom. The molecule has 0 fully saturated rings. The number of carboxylic acid groups (broad SMARTS) is 1. The molecule has 122 valence electrons. The van der Waals surface area contributed by atoms with Gasteiger partial charge in [-0.2, -0.15) is 0 Å². The predicted octanol–water partition coefficient (Wildman–Crippen LogP) is 1.29. The molecule has 1 unspecified atom stereocenters. The van der Waals surface area contributed by atoms with Crippen molar-refractivity contribution in [1.82, 2.24) is 9.55 Å². The minimum absolute atomic E-state index is 0.126. The van der Waals surface area contributed by atoms with Gasteiger partial charge >= 0.3 is 5.97 Å². The molecular formula is C15H17N3O4S. The summed E-state index contributed by atoms with van der Waals surface area (Å²) >= 11 is 1.71. The van der Waals surface area contributed by atoms with E-state index in [9.17, 15) is 9.59 Å². The van der Waals surface area contributed by atoms with Crippen LogP contribution in [0, 0.1) is 0 Å². The van der Waals surface area contributed by atoms with Gasteiger partial charge in [-0.15, -0.1) is 11.3 Å². The van der Waals surface area contributed by atoms with Crippen molar-refractivity contribution >= 4 is 23.1 Å². The van der Waals surface area contributed by atoms with Crippen molar-refractivity contribution in [3.63, 3.8) is 0 Å². The fourth-order valence-electron chi connectivity index (χ4n) is 2.69. The lowest BCUT2D eigenvalue weighted by atomic mass is 9.93. The molecule has 8 heteroatoms. The molecule has 0 aliphatic carbocycles. The largest absolute Gasteiger partial charge is 0.480 e. The lowest BCUT2D eigenvalue weighted by Crippen LogP contribution is -2.39. The molecule has 0 bridgehead atoms. The Hall–Kier alpha value is -2.19. The van der Waals surface area contributed by atoms with E-state index in [-0.39, 0.29) is 5.82 Å². The summed E-state index contributed by atoms with van der Waals surface area (Å²) in [5.41, 5.74) is 0.137. The zero-order chi connectivity index (χ0) is 16.4. The number of aliphatic carboxylic acids is 1. The first-order valence-corrected chi connectivity index (χ1v) is 8.09. The number of nitrogens with zero attached hydrogens (tertiary/aromatic N) is 2. The number of rotatable bonds is 5. The van der Waals surface area contributed by atoms with E-state index in [1.165, 1.54) is 17.3 Å². The van der Waals surface area contributed by atoms with Crippen LogP contribution in [-0.4, -0.2) is 33.8 Å². The van der Waals surface area contributed by atoms with Crippen molar-refractivity contribution in [1.29, 1.82) is 0 Å². The number of carboxylic acids is 1. The Morgan fingerprint density at radius 3 is 3.22 bits per heavy atom. The summed E-state index contributed by atoms with van der Waals surface area (Å²) in [7, 11) is 0. The minimum Gasteiger partial charge on any atom is -0.480 e. The normalized spacial score (nSPS) is 20.0. The van der Waals surface area contributed by atoms with E-state index in [2.05, 4.69) is 10.3 Å². The maximum Gasteiger partial charge on any atom is 0.323 e. The Bertz CT molecular complexity index is 785. The Labute approximate surface area is 136 Å². The first kappa shape index (κ1) is 15.7. The molecule has 0 saturated heterocycles. The van der Waals surface area contributed by atoms with Crippen LogP contribution in [-0.2, 0) is 28.1 Å². The number of carbonyl (C=O) groups is 1. The molecule has 0 aromatic carbocycles. The van der Waals surface area contributed by atoms with Gasteiger partial charge in [0.15, 0.2) is 5.82 Å². The molecule has 2 aromatic rings. The molecule has 1 atom stereocenters. The second-order valence-corrected chi connectivity index (χ2v) is 6.54. The van der Waals surface area contributed by atoms with E-state index in [0.29, 0.717) is 13.2 Å². The van der Waals surface area contributed by atoms with Crippen LogP contribution < -0.4 is 10.9 Å². The number of hydrogen-bond acceptors (Lipinski definition) is 6. The molecule has 3 heterocycles. The topological polar surface area (TPSA) is 93.5 Å². The quantitative estimate of drug-likeness (QED) is 0.855. The first-order chi connectivity index (χ1) is 11.0. The van der Waals surface area contributed by atoms with Crippen molar-refractivity contribution in [2.75, 3.05) is 18.5 Å². The number of anilines is 1. The third kappa shape index (κ3) is 3.13. The fourth-order valence-corrected chi connectivity index (χ4v) is 3.67. The smallest absolute Gasteiger partial charge is 0.323 e. The summed E-state index contributed by atoms with van der Waals surface area (Å²) in [6.07, 6.45) is 3.67. The van der Waals surface area contributed by atoms with Crippen LogP contribution in [0.3, 0.4) is 0 Å². The molecule has 0 amide bonds. The van der Waals surface area contributed by atoms with Crippen molar-refractivity contribution < 1.29 is 14.6 Å². The van der Waals surface area contributed by atoms with Crippen molar-refractivity contribution in [3.05, 3.63) is 44.6 Å². The maximum absolute atomic E-state index is 12.2. The summed E-state index contributed by atoms with van der Waals surface area (Å²) in [6.45, 7) is 2.61. The number of aromatic nitrogens is 2. The average Bonchev–Trinajstić information content (AvgIpc) is 2.98. The number of nitrogens with one attached hydrogen (secondary N) is 1. The van der Waals surface area contributed by atoms with Crippen LogP contribution >= 0.6 is 11.3 Å². The van der Waals surface area contributed by atoms with E-state index in [0.717, 1.165) is 16.6 Å². The van der Waals surface area contributed by atoms with Gasteiger partial charge in [0.05, 0.1) is 6.61 Å². The zero-order valence-corrected chi connectivity index (χ0v) is 13.4. The summed E-state index contributed by atoms with van der Waals surface area (Å²) < 4.78 is 7.03. The van der Waals surface area contributed by atoms with Crippen molar-refractivity contribution in [2.45, 2.75) is 25.5 Å². The highest BCUT2D eigenvalue weighted by Crippen LogP contribution is 2.35. The van der Waals surface area contributed by atoms with Crippen molar-refractivity contribution in [2.24, 2.45) is 0 Å². The highest BCUT2D eigenvalue weighted by atomic mass is 32.1. The molecule has 1 aliphatic heterocycles. The van der Waals surface area contributed by atoms with Gasteiger partial charge in [-0.3, -0.25) is 14.2 Å². The summed E-state index contributed by atoms with van der Waals surface area (Å²) in [5.74, 6) is -0.948. The molecule has 23 heavy (non-hydrogen) atoms. The third-order valence-corrected chi connectivity index (χ3v) is 4.86. The van der Waals surface area contributed by atoms with Gasteiger partial charge < -0.3 is 15.2 Å². The second-order valence-electron chi connectivity index (χ2n) is 5.54. The van der Waals surface area contributed by atoms with E-state index in [1.807, 2.05) is 18.4 Å². The third-order valence-electron chi connectivity index (χ3n) is 3.88. The zero-order valence-electron chi connectivity index (χ0n) is 12.6. The molecule has 3 rings (SSSR count). The number of fused-ring (bicyclic) bond motifs is 1. The maximum atomic E-state index is 12.2. The van der Waals surface area contributed by atoms with Crippen LogP contribution in [0.15, 0.2) is 28.6 Å². The second kappa shape index (κ2) is 6.13. The number of hydrogen-bond donors (Lipinski definition) is 2. The van der Waals surface area contributed by atoms with Crippen LogP contribution in [0.25, 0.3) is 0 Å². The lowest BCUT2D eigenvalue weighted by Gasteiger charge is -2.34. The number of thiophene rings is 1. The number of ether oxygens (including phenoxy) is 1. The Balaban J connectivity index is 1.80. The fraction of sp³-hybridized carbons (Fsp3) is 0.400. The highest BCUT2D eigenvalue weighted by molar-refractivity contribution is 7.10. The SMILES string of the molecule is CC1(CNc2nccn(CC(=O)O)c2=O)OCCc2sccc21. The minimum atomic E-state index is -1.07. The predicted molar refractivity (Wildman–Crippen MR) is 85.9 cm³/mol. The van der Waals surface area contributed by atoms with E-state index in [1.54, 1.807) is 11.3 Å². The molecule has 0 radical (unpaired) electrons. The summed E-state index contributed by atoms with van der Waals surface area (Å²) in [5, 5.41) is 13.9. The molecule has 2 aromatic heterocycles. The standard InChI is InChI=1S/C15H17N3O4S/c1-15(10-3-7-23-11(10)2-6-22-15)9-17-13-14(21)18(5-4-16-13)8-12(19)20/h3-5,7H,2,6,8-9H2,1H3,(H,16,17)(H,19,20). The molecule has 0 saturated carbocycles. The Kier molecular flexibility index (Phi) is 4.18. The van der Waals surface area contributed by atoms with E-state index < -0.39 is 23.7 Å². The van der Waals surface area contributed by atoms with Crippen LogP contribution in [0.1, 0.15) is 17.4 Å². The van der Waals surface area contributed by atoms with Crippen LogP contribution in [0.5, 0.6) is 0 Å². The van der Waals surface area contributed by atoms with Crippen molar-refractivity contribution in [3.8, 4) is 0 Å². The van der Waals surface area contributed by atoms with Gasteiger partial charge in [-0.1, -0.05) is 0 Å². The molecule has 7 nitrogen and oxygen atoms in total. The van der Waals surface area contributed by atoms with Gasteiger partial charge in [-0.25, -0.2) is 4.98 Å². The summed E-state index contributed by atoms with van der Waals surface area (Å²) in [4.78, 5) is 28.3. The average molecular weight is 335 g/mol. The van der Waals surface area contributed by atoms with Crippen LogP contribution in [0.2, 0.25) is 0 Å². The van der Waals surface area contributed by atoms with Gasteiger partial charge in [0.1, 0.15) is 12.1 Å². The van der Waals surface area contributed by atoms with Crippen LogP contribution in [0.4, 0.5) is 5.82 Å². The van der Waals surface area contributed by atoms with E-state index >= 15 is 0 Å².